The molecular formula is C18H16O. The fourth-order valence-corrected chi connectivity index (χ4v) is 2.80. The number of benzene rings is 2. The molecule has 0 radical (unpaired) electrons. The summed E-state index contributed by atoms with van der Waals surface area (Å²) in [5.74, 6) is 0.599. The van der Waals surface area contributed by atoms with Gasteiger partial charge in [0, 0.05) is 11.5 Å². The Bertz CT molecular complexity index is 652. The van der Waals surface area contributed by atoms with Gasteiger partial charge >= 0.3 is 0 Å². The number of fused-ring (bicyclic) bond motifs is 2. The van der Waals surface area contributed by atoms with Crippen LogP contribution < -0.4 is 0 Å². The monoisotopic (exact) mass is 248 g/mol. The van der Waals surface area contributed by atoms with Crippen LogP contribution in [-0.2, 0) is 0 Å². The highest BCUT2D eigenvalue weighted by molar-refractivity contribution is 5.79. The molecule has 0 spiro atoms. The van der Waals surface area contributed by atoms with Crippen LogP contribution in [0.5, 0.6) is 5.75 Å². The molecule has 1 heteroatoms. The molecule has 1 nitrogen and oxygen atoms in total. The van der Waals surface area contributed by atoms with E-state index in [0.29, 0.717) is 5.75 Å². The van der Waals surface area contributed by atoms with Crippen LogP contribution in [0.25, 0.3) is 12.2 Å². The Morgan fingerprint density at radius 2 is 1.79 bits per heavy atom. The molecular weight excluding hydrogens is 232 g/mol. The van der Waals surface area contributed by atoms with Crippen LogP contribution in [0, 0.1) is 0 Å². The molecule has 0 fully saturated rings. The second-order valence-electron chi connectivity index (χ2n) is 4.82. The van der Waals surface area contributed by atoms with Crippen molar-refractivity contribution in [2.75, 3.05) is 0 Å². The fourth-order valence-electron chi connectivity index (χ4n) is 2.80. The van der Waals surface area contributed by atoms with Crippen LogP contribution in [0.3, 0.4) is 0 Å². The van der Waals surface area contributed by atoms with Gasteiger partial charge in [-0.25, -0.2) is 0 Å². The van der Waals surface area contributed by atoms with Crippen molar-refractivity contribution in [1.82, 2.24) is 0 Å². The number of hydrogen-bond donors (Lipinski definition) is 1. The summed E-state index contributed by atoms with van der Waals surface area (Å²) in [5, 5.41) is 10.1. The summed E-state index contributed by atoms with van der Waals surface area (Å²) in [6.07, 6.45) is 6.90. The van der Waals surface area contributed by atoms with Gasteiger partial charge in [-0.05, 0) is 29.2 Å². The quantitative estimate of drug-likeness (QED) is 0.771. The normalized spacial score (nSPS) is 16.3. The van der Waals surface area contributed by atoms with E-state index in [4.69, 9.17) is 0 Å². The van der Waals surface area contributed by atoms with Gasteiger partial charge < -0.3 is 5.11 Å². The fraction of sp³-hybridized carbons (Fsp3) is 0.111. The van der Waals surface area contributed by atoms with Crippen LogP contribution in [0.2, 0.25) is 0 Å². The zero-order chi connectivity index (χ0) is 13.2. The largest absolute Gasteiger partial charge is 0.507 e. The van der Waals surface area contributed by atoms with Gasteiger partial charge in [-0.3, -0.25) is 0 Å². The maximum Gasteiger partial charge on any atom is 0.123 e. The number of rotatable bonds is 2. The minimum Gasteiger partial charge on any atom is -0.507 e. The smallest absolute Gasteiger partial charge is 0.123 e. The van der Waals surface area contributed by atoms with Crippen LogP contribution >= 0.6 is 0 Å². The van der Waals surface area contributed by atoms with Gasteiger partial charge in [0.05, 0.1) is 0 Å². The van der Waals surface area contributed by atoms with Gasteiger partial charge in [-0.15, -0.1) is 6.58 Å². The van der Waals surface area contributed by atoms with E-state index in [2.05, 4.69) is 36.9 Å². The Morgan fingerprint density at radius 1 is 1.00 bits per heavy atom. The third kappa shape index (κ3) is 1.97. The first-order chi connectivity index (χ1) is 9.31. The highest BCUT2D eigenvalue weighted by Gasteiger charge is 2.21. The zero-order valence-corrected chi connectivity index (χ0v) is 10.7. The Labute approximate surface area is 113 Å². The maximum absolute atomic E-state index is 10.1. The molecule has 1 N–H and O–H groups in total. The first kappa shape index (κ1) is 11.8. The number of hydrogen-bond acceptors (Lipinski definition) is 1. The number of phenolic OH excluding ortho intramolecular Hbond substituents is 1. The standard InChI is InChI=1S/C18H16O/c1-2-6-15-14-8-4-3-7-13(14)11-12-17-16(15)9-5-10-18(17)19/h2-5,7-12,15,19H,1,6H2. The topological polar surface area (TPSA) is 20.2 Å². The predicted octanol–water partition coefficient (Wildman–Crippen LogP) is 4.58. The van der Waals surface area contributed by atoms with Gasteiger partial charge in [0.1, 0.15) is 5.75 Å². The van der Waals surface area contributed by atoms with Crippen molar-refractivity contribution in [3.05, 3.63) is 77.4 Å². The summed E-state index contributed by atoms with van der Waals surface area (Å²) >= 11 is 0. The van der Waals surface area contributed by atoms with Crippen LogP contribution in [0.1, 0.15) is 34.6 Å². The average Bonchev–Trinajstić information content (AvgIpc) is 2.59. The maximum atomic E-state index is 10.1. The lowest BCUT2D eigenvalue weighted by Crippen LogP contribution is -2.02. The summed E-state index contributed by atoms with van der Waals surface area (Å²) in [6.45, 7) is 3.87. The van der Waals surface area contributed by atoms with Crippen molar-refractivity contribution < 1.29 is 5.11 Å². The lowest BCUT2D eigenvalue weighted by atomic mass is 9.85. The lowest BCUT2D eigenvalue weighted by Gasteiger charge is -2.19. The van der Waals surface area contributed by atoms with Crippen molar-refractivity contribution in [2.24, 2.45) is 0 Å². The average molecular weight is 248 g/mol. The van der Waals surface area contributed by atoms with Crippen molar-refractivity contribution in [3.8, 4) is 5.75 Å². The first-order valence-electron chi connectivity index (χ1n) is 6.51. The highest BCUT2D eigenvalue weighted by Crippen LogP contribution is 2.39. The predicted molar refractivity (Wildman–Crippen MR) is 80.1 cm³/mol. The van der Waals surface area contributed by atoms with Gasteiger partial charge in [0.25, 0.3) is 0 Å². The van der Waals surface area contributed by atoms with Gasteiger partial charge in [-0.1, -0.05) is 54.6 Å². The van der Waals surface area contributed by atoms with E-state index in [1.165, 1.54) is 16.7 Å². The van der Waals surface area contributed by atoms with E-state index in [1.54, 1.807) is 6.07 Å². The Morgan fingerprint density at radius 3 is 2.63 bits per heavy atom. The Hall–Kier alpha value is -2.28. The Balaban J connectivity index is 2.27. The summed E-state index contributed by atoms with van der Waals surface area (Å²) in [5.41, 5.74) is 4.60. The van der Waals surface area contributed by atoms with E-state index in [9.17, 15) is 5.11 Å². The molecule has 3 rings (SSSR count). The molecule has 0 amide bonds. The van der Waals surface area contributed by atoms with Gasteiger partial charge in [-0.2, -0.15) is 0 Å². The molecule has 2 aromatic rings. The Kier molecular flexibility index (Phi) is 2.96. The summed E-state index contributed by atoms with van der Waals surface area (Å²) < 4.78 is 0. The highest BCUT2D eigenvalue weighted by atomic mass is 16.3. The van der Waals surface area contributed by atoms with E-state index in [-0.39, 0.29) is 5.92 Å². The van der Waals surface area contributed by atoms with Gasteiger partial charge in [0.15, 0.2) is 0 Å². The lowest BCUT2D eigenvalue weighted by molar-refractivity contribution is 0.473. The zero-order valence-electron chi connectivity index (χ0n) is 10.7. The van der Waals surface area contributed by atoms with E-state index in [1.807, 2.05) is 24.3 Å². The van der Waals surface area contributed by atoms with Crippen molar-refractivity contribution >= 4 is 12.2 Å². The van der Waals surface area contributed by atoms with E-state index >= 15 is 0 Å². The molecule has 0 bridgehead atoms. The molecule has 0 saturated heterocycles. The second-order valence-corrected chi connectivity index (χ2v) is 4.82. The third-order valence-electron chi connectivity index (χ3n) is 3.70. The molecule has 2 aromatic carbocycles. The molecule has 1 unspecified atom stereocenters. The van der Waals surface area contributed by atoms with Crippen LogP contribution in [-0.4, -0.2) is 5.11 Å². The molecule has 19 heavy (non-hydrogen) atoms. The van der Waals surface area contributed by atoms with Crippen molar-refractivity contribution in [2.45, 2.75) is 12.3 Å². The molecule has 94 valence electrons. The number of aromatic hydroxyl groups is 1. The molecule has 0 saturated carbocycles. The molecule has 1 aliphatic carbocycles. The summed E-state index contributed by atoms with van der Waals surface area (Å²) in [7, 11) is 0. The molecule has 0 heterocycles. The minimum absolute atomic E-state index is 0.255. The van der Waals surface area contributed by atoms with Crippen molar-refractivity contribution in [3.63, 3.8) is 0 Å². The summed E-state index contributed by atoms with van der Waals surface area (Å²) in [6, 6.07) is 14.1. The number of allylic oxidation sites excluding steroid dienone is 1. The molecule has 0 aliphatic heterocycles. The van der Waals surface area contributed by atoms with Crippen molar-refractivity contribution in [1.29, 1.82) is 0 Å². The third-order valence-corrected chi connectivity index (χ3v) is 3.70. The van der Waals surface area contributed by atoms with Crippen LogP contribution in [0.15, 0.2) is 55.1 Å². The van der Waals surface area contributed by atoms with Crippen LogP contribution in [0.4, 0.5) is 0 Å². The molecule has 1 atom stereocenters. The SMILES string of the molecule is C=CCC1c2ccccc2C=Cc2c(O)cccc21. The van der Waals surface area contributed by atoms with E-state index < -0.39 is 0 Å². The number of phenols is 1. The first-order valence-corrected chi connectivity index (χ1v) is 6.51. The second kappa shape index (κ2) is 4.77. The minimum atomic E-state index is 0.255. The summed E-state index contributed by atoms with van der Waals surface area (Å²) in [4.78, 5) is 0. The molecule has 0 aromatic heterocycles. The van der Waals surface area contributed by atoms with E-state index in [0.717, 1.165) is 12.0 Å². The molecule has 1 aliphatic rings. The van der Waals surface area contributed by atoms with Gasteiger partial charge in [0.2, 0.25) is 0 Å².